The number of nitrogens with zero attached hydrogens (tertiary/aromatic N) is 5. The highest BCUT2D eigenvalue weighted by molar-refractivity contribution is 6.07. The van der Waals surface area contributed by atoms with Gasteiger partial charge in [0.25, 0.3) is 5.91 Å². The third kappa shape index (κ3) is 5.64. The van der Waals surface area contributed by atoms with Gasteiger partial charge in [-0.3, -0.25) is 14.4 Å². The van der Waals surface area contributed by atoms with Crippen LogP contribution in [0.1, 0.15) is 49.6 Å². The Balaban J connectivity index is 1.23. The van der Waals surface area contributed by atoms with Crippen LogP contribution in [-0.2, 0) is 44.8 Å². The number of amides is 2. The number of cyclic esters (lactones) is 1. The summed E-state index contributed by atoms with van der Waals surface area (Å²) in [5.41, 5.74) is 3.76. The van der Waals surface area contributed by atoms with Gasteiger partial charge in [0, 0.05) is 48.9 Å². The van der Waals surface area contributed by atoms with E-state index in [1.54, 1.807) is 16.7 Å². The molecule has 2 fully saturated rings. The number of methoxy groups -OCH3 is 1. The van der Waals surface area contributed by atoms with Gasteiger partial charge in [0.05, 0.1) is 37.7 Å². The summed E-state index contributed by atoms with van der Waals surface area (Å²) in [6, 6.07) is 23.9. The number of fused-ring (bicyclic) bond motifs is 2. The maximum atomic E-state index is 15.0. The molecule has 0 aliphatic carbocycles. The van der Waals surface area contributed by atoms with E-state index in [9.17, 15) is 14.7 Å². The first-order valence-corrected chi connectivity index (χ1v) is 16.9. The van der Waals surface area contributed by atoms with Gasteiger partial charge in [0.2, 0.25) is 0 Å². The fraction of sp³-hybridized carbons (Fsp3) is 0.421. The Morgan fingerprint density at radius 1 is 1.04 bits per heavy atom. The zero-order valence-corrected chi connectivity index (χ0v) is 28.4. The molecule has 0 unspecified atom stereocenters. The van der Waals surface area contributed by atoms with Gasteiger partial charge in [0.1, 0.15) is 12.4 Å². The largest absolute Gasteiger partial charge is 0.497 e. The van der Waals surface area contributed by atoms with Crippen LogP contribution >= 0.6 is 0 Å². The van der Waals surface area contributed by atoms with Gasteiger partial charge in [-0.1, -0.05) is 68.4 Å². The van der Waals surface area contributed by atoms with Crippen LogP contribution in [0.25, 0.3) is 0 Å². The molecule has 2 amide bonds. The average Bonchev–Trinajstić information content (AvgIpc) is 3.87. The van der Waals surface area contributed by atoms with E-state index in [2.05, 4.69) is 43.2 Å². The van der Waals surface area contributed by atoms with Gasteiger partial charge in [0.15, 0.2) is 5.60 Å². The Kier molecular flexibility index (Phi) is 8.66. The fourth-order valence-electron chi connectivity index (χ4n) is 8.22. The van der Waals surface area contributed by atoms with Crippen LogP contribution in [0.15, 0.2) is 79.0 Å². The molecule has 4 heterocycles. The molecule has 0 bridgehead atoms. The minimum absolute atomic E-state index is 0.0117. The van der Waals surface area contributed by atoms with Gasteiger partial charge >= 0.3 is 6.09 Å². The van der Waals surface area contributed by atoms with E-state index in [0.717, 1.165) is 39.5 Å². The number of hydrogen-bond acceptors (Lipinski definition) is 8. The second kappa shape index (κ2) is 12.9. The lowest BCUT2D eigenvalue weighted by molar-refractivity contribution is -0.146. The van der Waals surface area contributed by atoms with Crippen LogP contribution in [0.4, 0.5) is 16.2 Å². The zero-order valence-electron chi connectivity index (χ0n) is 28.4. The van der Waals surface area contributed by atoms with E-state index in [1.165, 1.54) is 0 Å². The first-order valence-electron chi connectivity index (χ1n) is 16.9. The molecule has 0 saturated carbocycles. The predicted molar refractivity (Wildman–Crippen MR) is 183 cm³/mol. The van der Waals surface area contributed by atoms with E-state index in [-0.39, 0.29) is 42.0 Å². The number of carbonyl (C=O) groups excluding carboxylic acids is 2. The number of aliphatic hydroxyl groups excluding tert-OH is 1. The van der Waals surface area contributed by atoms with Crippen molar-refractivity contribution >= 4 is 23.4 Å². The zero-order chi connectivity index (χ0) is 34.3. The maximum Gasteiger partial charge on any atom is 0.414 e. The highest BCUT2D eigenvalue weighted by Crippen LogP contribution is 2.59. The van der Waals surface area contributed by atoms with Crippen LogP contribution in [0.3, 0.4) is 0 Å². The molecule has 4 atom stereocenters. The van der Waals surface area contributed by atoms with Gasteiger partial charge in [-0.2, -0.15) is 0 Å². The average molecular weight is 666 g/mol. The van der Waals surface area contributed by atoms with Crippen LogP contribution in [-0.4, -0.2) is 65.1 Å². The first-order chi connectivity index (χ1) is 23.7. The molecular formula is C38H43N5O6. The lowest BCUT2D eigenvalue weighted by atomic mass is 9.63. The van der Waals surface area contributed by atoms with Crippen molar-refractivity contribution in [2.75, 3.05) is 36.7 Å². The van der Waals surface area contributed by atoms with E-state index >= 15 is 0 Å². The quantitative estimate of drug-likeness (QED) is 0.231. The molecule has 0 radical (unpaired) electrons. The molecule has 3 aromatic carbocycles. The monoisotopic (exact) mass is 665 g/mol. The molecule has 1 N–H and O–H groups in total. The summed E-state index contributed by atoms with van der Waals surface area (Å²) in [7, 11) is 1.66. The molecule has 256 valence electrons. The molecule has 1 aromatic heterocycles. The molecule has 3 aliphatic rings. The number of ether oxygens (including phenoxy) is 3. The summed E-state index contributed by atoms with van der Waals surface area (Å²) in [6.07, 6.45) is 2.30. The lowest BCUT2D eigenvalue weighted by Crippen LogP contribution is -2.45. The first kappa shape index (κ1) is 32.8. The number of aliphatic hydroxyl groups is 1. The summed E-state index contributed by atoms with van der Waals surface area (Å²) in [5, 5.41) is 17.9. The van der Waals surface area contributed by atoms with E-state index in [4.69, 9.17) is 14.2 Å². The fourth-order valence-corrected chi connectivity index (χ4v) is 8.22. The third-order valence-electron chi connectivity index (χ3n) is 10.7. The van der Waals surface area contributed by atoms with E-state index in [0.29, 0.717) is 39.1 Å². The van der Waals surface area contributed by atoms with Crippen molar-refractivity contribution in [2.45, 2.75) is 63.8 Å². The van der Waals surface area contributed by atoms with Crippen molar-refractivity contribution in [3.05, 3.63) is 101 Å². The molecule has 11 nitrogen and oxygen atoms in total. The Morgan fingerprint density at radius 2 is 1.80 bits per heavy atom. The summed E-state index contributed by atoms with van der Waals surface area (Å²) in [4.78, 5) is 30.5. The highest BCUT2D eigenvalue weighted by Gasteiger charge is 2.65. The summed E-state index contributed by atoms with van der Waals surface area (Å²) in [6.45, 7) is 8.46. The topological polar surface area (TPSA) is 119 Å². The summed E-state index contributed by atoms with van der Waals surface area (Å²) in [5.74, 6) is 0.491. The molecular weight excluding hydrogens is 622 g/mol. The van der Waals surface area contributed by atoms with Crippen LogP contribution < -0.4 is 14.5 Å². The number of carbonyl (C=O) groups is 2. The number of rotatable bonds is 11. The van der Waals surface area contributed by atoms with Gasteiger partial charge in [-0.05, 0) is 53.3 Å². The molecule has 49 heavy (non-hydrogen) atoms. The van der Waals surface area contributed by atoms with Gasteiger partial charge in [-0.15, -0.1) is 5.10 Å². The van der Waals surface area contributed by atoms with E-state index in [1.807, 2.05) is 71.8 Å². The number of aryl methyl sites for hydroxylation is 1. The molecule has 7 rings (SSSR count). The summed E-state index contributed by atoms with van der Waals surface area (Å²) >= 11 is 0. The minimum atomic E-state index is -1.18. The van der Waals surface area contributed by atoms with Gasteiger partial charge in [-0.25, -0.2) is 4.79 Å². The van der Waals surface area contributed by atoms with Crippen molar-refractivity contribution in [2.24, 2.45) is 11.8 Å². The SMILES string of the molecule is COc1ccc(C(C)(C)[C@H]2[C@H](CCn3cc(CCO)nn3)O[C@@]3(C(=O)N(Cc4ccc(N5CCOC5=O)cc4)c4ccccc43)[C@@H]2C)cc1. The molecule has 2 saturated heterocycles. The van der Waals surface area contributed by atoms with Crippen LogP contribution in [0.2, 0.25) is 0 Å². The van der Waals surface area contributed by atoms with Crippen LogP contribution in [0.5, 0.6) is 5.75 Å². The van der Waals surface area contributed by atoms with Gasteiger partial charge < -0.3 is 24.2 Å². The number of benzene rings is 3. The van der Waals surface area contributed by atoms with Crippen molar-refractivity contribution < 1.29 is 28.9 Å². The second-order valence-electron chi connectivity index (χ2n) is 13.7. The standard InChI is InChI=1S/C38H43N5O6/c1-25-34(37(2,3)27-11-15-30(47-4)16-12-27)33(17-19-41-24-28(18-21-44)39-40-41)49-38(25)31-7-5-6-8-32(31)43(35(38)45)23-26-9-13-29(14-10-26)42-20-22-48-36(42)46/h5-16,24-25,33-34,44H,17-23H2,1-4H3/t25-,33+,34-,38+/m1/s1. The number of para-hydroxylation sites is 1. The van der Waals surface area contributed by atoms with Crippen molar-refractivity contribution in [1.82, 2.24) is 15.0 Å². The normalized spacial score (nSPS) is 23.4. The highest BCUT2D eigenvalue weighted by atomic mass is 16.6. The number of aromatic nitrogens is 3. The minimum Gasteiger partial charge on any atom is -0.497 e. The van der Waals surface area contributed by atoms with E-state index < -0.39 is 5.60 Å². The van der Waals surface area contributed by atoms with Crippen LogP contribution in [0, 0.1) is 11.8 Å². The predicted octanol–water partition coefficient (Wildman–Crippen LogP) is 5.24. The maximum absolute atomic E-state index is 15.0. The Hall–Kier alpha value is -4.74. The Morgan fingerprint density at radius 3 is 2.49 bits per heavy atom. The van der Waals surface area contributed by atoms with Crippen molar-refractivity contribution in [3.63, 3.8) is 0 Å². The number of hydrogen-bond donors (Lipinski definition) is 1. The summed E-state index contributed by atoms with van der Waals surface area (Å²) < 4.78 is 19.5. The third-order valence-corrected chi connectivity index (χ3v) is 10.7. The lowest BCUT2D eigenvalue weighted by Gasteiger charge is -2.38. The Bertz CT molecular complexity index is 1820. The molecule has 4 aromatic rings. The van der Waals surface area contributed by atoms with Crippen molar-refractivity contribution in [3.8, 4) is 5.75 Å². The molecule has 3 aliphatic heterocycles. The molecule has 1 spiro atoms. The van der Waals surface area contributed by atoms with Crippen molar-refractivity contribution in [1.29, 1.82) is 0 Å². The molecule has 11 heteroatoms. The Labute approximate surface area is 286 Å². The second-order valence-corrected chi connectivity index (χ2v) is 13.7. The number of anilines is 2. The smallest absolute Gasteiger partial charge is 0.414 e.